The lowest BCUT2D eigenvalue weighted by atomic mass is 10.0. The van der Waals surface area contributed by atoms with Gasteiger partial charge in [0.25, 0.3) is 0 Å². The molecule has 84 valence electrons. The average Bonchev–Trinajstić information content (AvgIpc) is 2.66. The zero-order valence-electron chi connectivity index (χ0n) is 9.16. The van der Waals surface area contributed by atoms with Crippen molar-refractivity contribution in [1.82, 2.24) is 10.3 Å². The van der Waals surface area contributed by atoms with Crippen LogP contribution in [-0.2, 0) is 11.3 Å². The van der Waals surface area contributed by atoms with Crippen molar-refractivity contribution in [3.63, 3.8) is 0 Å². The van der Waals surface area contributed by atoms with Crippen LogP contribution in [0.4, 0.5) is 0 Å². The number of hydrogen-bond donors (Lipinski definition) is 1. The molecule has 1 saturated heterocycles. The van der Waals surface area contributed by atoms with Crippen molar-refractivity contribution in [1.29, 1.82) is 0 Å². The van der Waals surface area contributed by atoms with Crippen molar-refractivity contribution in [2.24, 2.45) is 5.92 Å². The Morgan fingerprint density at radius 3 is 3.00 bits per heavy atom. The van der Waals surface area contributed by atoms with E-state index in [1.807, 2.05) is 6.20 Å². The van der Waals surface area contributed by atoms with Crippen LogP contribution in [0.1, 0.15) is 22.7 Å². The highest BCUT2D eigenvalue weighted by atomic mass is 32.1. The minimum Gasteiger partial charge on any atom is -0.381 e. The van der Waals surface area contributed by atoms with Gasteiger partial charge in [0.2, 0.25) is 0 Å². The van der Waals surface area contributed by atoms with Crippen molar-refractivity contribution in [2.75, 3.05) is 19.8 Å². The lowest BCUT2D eigenvalue weighted by Crippen LogP contribution is -2.27. The molecule has 1 N–H and O–H groups in total. The van der Waals surface area contributed by atoms with Crippen molar-refractivity contribution >= 4 is 11.3 Å². The summed E-state index contributed by atoms with van der Waals surface area (Å²) in [6.45, 7) is 5.98. The summed E-state index contributed by atoms with van der Waals surface area (Å²) >= 11 is 1.78. The normalized spacial score (nSPS) is 18.2. The third kappa shape index (κ3) is 3.55. The predicted octanol–water partition coefficient (Wildman–Crippen LogP) is 1.97. The molecule has 0 aromatic carbocycles. The first-order valence-electron chi connectivity index (χ1n) is 5.54. The van der Waals surface area contributed by atoms with Gasteiger partial charge in [-0.3, -0.25) is 0 Å². The van der Waals surface area contributed by atoms with E-state index in [1.54, 1.807) is 11.3 Å². The monoisotopic (exact) mass is 226 g/mol. The highest BCUT2D eigenvalue weighted by Gasteiger charge is 2.12. The highest BCUT2D eigenvalue weighted by molar-refractivity contribution is 7.11. The molecule has 0 spiro atoms. The summed E-state index contributed by atoms with van der Waals surface area (Å²) in [4.78, 5) is 5.62. The second kappa shape index (κ2) is 5.58. The Balaban J connectivity index is 1.65. The molecule has 0 atom stereocenters. The molecule has 0 radical (unpaired) electrons. The van der Waals surface area contributed by atoms with Gasteiger partial charge in [0.05, 0.1) is 0 Å². The smallest absolute Gasteiger partial charge is 0.107 e. The number of rotatable bonds is 4. The molecule has 4 heteroatoms. The summed E-state index contributed by atoms with van der Waals surface area (Å²) < 4.78 is 5.33. The molecular weight excluding hydrogens is 208 g/mol. The van der Waals surface area contributed by atoms with Crippen LogP contribution < -0.4 is 5.32 Å². The fraction of sp³-hybridized carbons (Fsp3) is 0.727. The molecule has 15 heavy (non-hydrogen) atoms. The number of ether oxygens (including phenoxy) is 1. The lowest BCUT2D eigenvalue weighted by molar-refractivity contribution is 0.0662. The van der Waals surface area contributed by atoms with Crippen LogP contribution in [-0.4, -0.2) is 24.7 Å². The Kier molecular flexibility index (Phi) is 4.11. The van der Waals surface area contributed by atoms with E-state index in [-0.39, 0.29) is 0 Å². The van der Waals surface area contributed by atoms with Gasteiger partial charge in [-0.1, -0.05) is 0 Å². The van der Waals surface area contributed by atoms with Gasteiger partial charge in [0.15, 0.2) is 0 Å². The van der Waals surface area contributed by atoms with Crippen LogP contribution >= 0.6 is 11.3 Å². The van der Waals surface area contributed by atoms with E-state index in [0.717, 1.165) is 32.2 Å². The topological polar surface area (TPSA) is 34.2 Å². The van der Waals surface area contributed by atoms with Gasteiger partial charge < -0.3 is 10.1 Å². The largest absolute Gasteiger partial charge is 0.381 e. The first kappa shape index (κ1) is 11.0. The Morgan fingerprint density at radius 2 is 2.33 bits per heavy atom. The van der Waals surface area contributed by atoms with E-state index >= 15 is 0 Å². The maximum atomic E-state index is 5.33. The minimum atomic E-state index is 0.791. The van der Waals surface area contributed by atoms with E-state index in [0.29, 0.717) is 0 Å². The highest BCUT2D eigenvalue weighted by Crippen LogP contribution is 2.14. The molecule has 1 aliphatic heterocycles. The Bertz CT molecular complexity index is 295. The number of hydrogen-bond acceptors (Lipinski definition) is 4. The second-order valence-electron chi connectivity index (χ2n) is 4.05. The predicted molar refractivity (Wildman–Crippen MR) is 62.1 cm³/mol. The van der Waals surface area contributed by atoms with Crippen LogP contribution in [0.15, 0.2) is 6.20 Å². The zero-order chi connectivity index (χ0) is 10.5. The van der Waals surface area contributed by atoms with Crippen molar-refractivity contribution in [3.8, 4) is 0 Å². The molecule has 0 bridgehead atoms. The number of aryl methyl sites for hydroxylation is 1. The quantitative estimate of drug-likeness (QED) is 0.852. The van der Waals surface area contributed by atoms with Crippen molar-refractivity contribution in [2.45, 2.75) is 26.3 Å². The number of aromatic nitrogens is 1. The van der Waals surface area contributed by atoms with Gasteiger partial charge in [-0.25, -0.2) is 4.98 Å². The summed E-state index contributed by atoms with van der Waals surface area (Å²) in [6, 6.07) is 0. The average molecular weight is 226 g/mol. The number of nitrogens with zero attached hydrogens (tertiary/aromatic N) is 1. The Labute approximate surface area is 94.9 Å². The molecule has 2 rings (SSSR count). The standard InChI is InChI=1S/C11H18N2OS/c1-9-6-13-11(15-9)8-12-7-10-2-4-14-5-3-10/h6,10,12H,2-5,7-8H2,1H3. The van der Waals surface area contributed by atoms with E-state index in [9.17, 15) is 0 Å². The van der Waals surface area contributed by atoms with Crippen molar-refractivity contribution in [3.05, 3.63) is 16.1 Å². The van der Waals surface area contributed by atoms with Gasteiger partial charge in [-0.15, -0.1) is 11.3 Å². The van der Waals surface area contributed by atoms with Gasteiger partial charge in [-0.05, 0) is 32.2 Å². The first-order valence-corrected chi connectivity index (χ1v) is 6.36. The minimum absolute atomic E-state index is 0.791. The molecular formula is C11H18N2OS. The van der Waals surface area contributed by atoms with Gasteiger partial charge in [-0.2, -0.15) is 0 Å². The third-order valence-corrected chi connectivity index (χ3v) is 3.63. The molecule has 1 aromatic heterocycles. The SMILES string of the molecule is Cc1cnc(CNCC2CCOCC2)s1. The van der Waals surface area contributed by atoms with Gasteiger partial charge in [0, 0.05) is 30.8 Å². The number of nitrogens with one attached hydrogen (secondary N) is 1. The van der Waals surface area contributed by atoms with Crippen LogP contribution in [0, 0.1) is 12.8 Å². The molecule has 0 amide bonds. The van der Waals surface area contributed by atoms with Crippen LogP contribution in [0.5, 0.6) is 0 Å². The molecule has 2 heterocycles. The summed E-state index contributed by atoms with van der Waals surface area (Å²) in [7, 11) is 0. The molecule has 0 saturated carbocycles. The number of thiazole rings is 1. The van der Waals surface area contributed by atoms with Crippen LogP contribution in [0.25, 0.3) is 0 Å². The van der Waals surface area contributed by atoms with Gasteiger partial charge in [0.1, 0.15) is 5.01 Å². The zero-order valence-corrected chi connectivity index (χ0v) is 9.98. The third-order valence-electron chi connectivity index (χ3n) is 2.72. The fourth-order valence-corrected chi connectivity index (χ4v) is 2.57. The van der Waals surface area contributed by atoms with E-state index < -0.39 is 0 Å². The maximum absolute atomic E-state index is 5.33. The molecule has 1 fully saturated rings. The summed E-state index contributed by atoms with van der Waals surface area (Å²) in [5.41, 5.74) is 0. The molecule has 0 aliphatic carbocycles. The molecule has 3 nitrogen and oxygen atoms in total. The summed E-state index contributed by atoms with van der Waals surface area (Å²) in [5, 5.41) is 4.67. The van der Waals surface area contributed by atoms with Crippen LogP contribution in [0.2, 0.25) is 0 Å². The Hall–Kier alpha value is -0.450. The van der Waals surface area contributed by atoms with Gasteiger partial charge >= 0.3 is 0 Å². The summed E-state index contributed by atoms with van der Waals surface area (Å²) in [5.74, 6) is 0.791. The first-order chi connectivity index (χ1) is 7.34. The second-order valence-corrected chi connectivity index (χ2v) is 5.37. The fourth-order valence-electron chi connectivity index (χ4n) is 1.82. The summed E-state index contributed by atoms with van der Waals surface area (Å²) in [6.07, 6.45) is 4.34. The van der Waals surface area contributed by atoms with E-state index in [4.69, 9.17) is 4.74 Å². The molecule has 1 aliphatic rings. The van der Waals surface area contributed by atoms with E-state index in [1.165, 1.54) is 22.7 Å². The Morgan fingerprint density at radius 1 is 1.53 bits per heavy atom. The van der Waals surface area contributed by atoms with E-state index in [2.05, 4.69) is 17.2 Å². The maximum Gasteiger partial charge on any atom is 0.107 e. The molecule has 1 aromatic rings. The molecule has 0 unspecified atom stereocenters. The van der Waals surface area contributed by atoms with Crippen LogP contribution in [0.3, 0.4) is 0 Å². The van der Waals surface area contributed by atoms with Crippen molar-refractivity contribution < 1.29 is 4.74 Å². The lowest BCUT2D eigenvalue weighted by Gasteiger charge is -2.21.